The molecule has 1 aromatic heterocycles. The molecule has 2 rings (SSSR count). The molecule has 0 saturated heterocycles. The van der Waals surface area contributed by atoms with E-state index in [4.69, 9.17) is 10.5 Å². The molecule has 0 atom stereocenters. The van der Waals surface area contributed by atoms with Gasteiger partial charge in [-0.3, -0.25) is 0 Å². The molecule has 0 aliphatic heterocycles. The molecule has 1 aromatic carbocycles. The maximum Gasteiger partial charge on any atom is 0.435 e. The van der Waals surface area contributed by atoms with Crippen LogP contribution in [0, 0.1) is 0 Å². The highest BCUT2D eigenvalue weighted by molar-refractivity contribution is 9.10. The minimum Gasteiger partial charge on any atom is -0.436 e. The second kappa shape index (κ2) is 5.04. The Hall–Kier alpha value is -1.83. The molecule has 100 valence electrons. The molecule has 0 fully saturated rings. The van der Waals surface area contributed by atoms with Crippen molar-refractivity contribution in [3.05, 3.63) is 40.5 Å². The molecule has 4 nitrogen and oxygen atoms in total. The molecule has 8 heteroatoms. The van der Waals surface area contributed by atoms with Gasteiger partial charge in [-0.2, -0.15) is 13.2 Å². The van der Waals surface area contributed by atoms with Crippen LogP contribution in [0.3, 0.4) is 0 Å². The number of hydrogen-bond acceptors (Lipinski definition) is 4. The molecule has 2 aromatic rings. The molecule has 0 aliphatic rings. The van der Waals surface area contributed by atoms with E-state index in [0.29, 0.717) is 15.9 Å². The molecule has 0 saturated carbocycles. The van der Waals surface area contributed by atoms with E-state index in [-0.39, 0.29) is 5.88 Å². The summed E-state index contributed by atoms with van der Waals surface area (Å²) in [7, 11) is 0. The summed E-state index contributed by atoms with van der Waals surface area (Å²) in [5.74, 6) is 0.286. The van der Waals surface area contributed by atoms with Gasteiger partial charge in [0, 0.05) is 17.8 Å². The van der Waals surface area contributed by atoms with Gasteiger partial charge in [0.2, 0.25) is 5.88 Å². The lowest BCUT2D eigenvalue weighted by Gasteiger charge is -2.08. The highest BCUT2D eigenvalue weighted by Gasteiger charge is 2.33. The number of halogens is 4. The van der Waals surface area contributed by atoms with Crippen LogP contribution in [0.1, 0.15) is 5.69 Å². The number of hydrogen-bond donors (Lipinski definition) is 1. The van der Waals surface area contributed by atoms with Crippen molar-refractivity contribution in [2.45, 2.75) is 6.18 Å². The number of nitrogens with zero attached hydrogens (tertiary/aromatic N) is 2. The van der Waals surface area contributed by atoms with Crippen LogP contribution in [0.2, 0.25) is 0 Å². The van der Waals surface area contributed by atoms with E-state index in [1.807, 2.05) is 0 Å². The van der Waals surface area contributed by atoms with E-state index in [2.05, 4.69) is 26.1 Å². The molecule has 1 heterocycles. The fraction of sp³-hybridized carbons (Fsp3) is 0.0909. The number of benzene rings is 1. The van der Waals surface area contributed by atoms with Crippen molar-refractivity contribution in [2.24, 2.45) is 0 Å². The van der Waals surface area contributed by atoms with Gasteiger partial charge < -0.3 is 10.5 Å². The lowest BCUT2D eigenvalue weighted by Crippen LogP contribution is -2.08. The van der Waals surface area contributed by atoms with Gasteiger partial charge in [-0.25, -0.2) is 0 Å². The Labute approximate surface area is 114 Å². The first kappa shape index (κ1) is 13.6. The van der Waals surface area contributed by atoms with Crippen molar-refractivity contribution >= 4 is 21.6 Å². The van der Waals surface area contributed by atoms with Crippen LogP contribution < -0.4 is 10.5 Å². The second-order valence-corrected chi connectivity index (χ2v) is 4.40. The van der Waals surface area contributed by atoms with Crippen molar-refractivity contribution in [3.8, 4) is 11.6 Å². The Morgan fingerprint density at radius 1 is 1.11 bits per heavy atom. The molecular formula is C11H7BrF3N3O. The summed E-state index contributed by atoms with van der Waals surface area (Å²) < 4.78 is 42.8. The smallest absolute Gasteiger partial charge is 0.435 e. The molecule has 0 spiro atoms. The Bertz CT molecular complexity index is 587. The van der Waals surface area contributed by atoms with Crippen LogP contribution >= 0.6 is 15.9 Å². The molecular weight excluding hydrogens is 327 g/mol. The molecule has 19 heavy (non-hydrogen) atoms. The first-order valence-electron chi connectivity index (χ1n) is 5.00. The second-order valence-electron chi connectivity index (χ2n) is 3.55. The highest BCUT2D eigenvalue weighted by atomic mass is 79.9. The monoisotopic (exact) mass is 333 g/mol. The van der Waals surface area contributed by atoms with Gasteiger partial charge in [0.15, 0.2) is 5.69 Å². The number of ether oxygens (including phenoxy) is 1. The van der Waals surface area contributed by atoms with E-state index < -0.39 is 11.9 Å². The maximum absolute atomic E-state index is 12.3. The number of aromatic nitrogens is 2. The summed E-state index contributed by atoms with van der Waals surface area (Å²) in [6.45, 7) is 0. The van der Waals surface area contributed by atoms with E-state index in [1.54, 1.807) is 12.1 Å². The van der Waals surface area contributed by atoms with Crippen LogP contribution in [-0.4, -0.2) is 10.2 Å². The maximum atomic E-state index is 12.3. The summed E-state index contributed by atoms with van der Waals surface area (Å²) in [6, 6.07) is 6.70. The standard InChI is InChI=1S/C11H7BrF3N3O/c12-7-2-1-6(16)5-8(7)19-10-4-3-9(17-18-10)11(13,14)15/h1-5H,16H2. The Balaban J connectivity index is 2.22. The van der Waals surface area contributed by atoms with Crippen LogP contribution in [0.5, 0.6) is 11.6 Å². The molecule has 0 unspecified atom stereocenters. The molecule has 0 radical (unpaired) electrons. The van der Waals surface area contributed by atoms with Crippen LogP contribution in [-0.2, 0) is 6.18 Å². The molecule has 0 bridgehead atoms. The summed E-state index contributed by atoms with van der Waals surface area (Å²) >= 11 is 3.23. The Morgan fingerprint density at radius 3 is 2.42 bits per heavy atom. The summed E-state index contributed by atoms with van der Waals surface area (Å²) in [5.41, 5.74) is 4.96. The normalized spacial score (nSPS) is 11.4. The average Bonchev–Trinajstić information content (AvgIpc) is 2.33. The van der Waals surface area contributed by atoms with E-state index in [9.17, 15) is 13.2 Å². The predicted octanol–water partition coefficient (Wildman–Crippen LogP) is 3.63. The number of nitrogen functional groups attached to an aromatic ring is 1. The predicted molar refractivity (Wildman–Crippen MR) is 65.7 cm³/mol. The van der Waals surface area contributed by atoms with Gasteiger partial charge in [-0.15, -0.1) is 10.2 Å². The minimum atomic E-state index is -4.52. The van der Waals surface area contributed by atoms with Gasteiger partial charge in [0.05, 0.1) is 4.47 Å². The summed E-state index contributed by atoms with van der Waals surface area (Å²) in [6.07, 6.45) is -4.52. The topological polar surface area (TPSA) is 61.0 Å². The minimum absolute atomic E-state index is 0.0562. The lowest BCUT2D eigenvalue weighted by molar-refractivity contribution is -0.141. The SMILES string of the molecule is Nc1ccc(Br)c(Oc2ccc(C(F)(F)F)nn2)c1. The molecule has 0 aliphatic carbocycles. The zero-order valence-corrected chi connectivity index (χ0v) is 10.9. The third-order valence-electron chi connectivity index (χ3n) is 2.10. The number of nitrogens with two attached hydrogens (primary N) is 1. The zero-order chi connectivity index (χ0) is 14.0. The van der Waals surface area contributed by atoms with Gasteiger partial charge in [-0.05, 0) is 34.1 Å². The summed E-state index contributed by atoms with van der Waals surface area (Å²) in [4.78, 5) is 0. The number of anilines is 1. The van der Waals surface area contributed by atoms with Crippen molar-refractivity contribution < 1.29 is 17.9 Å². The van der Waals surface area contributed by atoms with Gasteiger partial charge in [-0.1, -0.05) is 0 Å². The van der Waals surface area contributed by atoms with Crippen molar-refractivity contribution in [2.75, 3.05) is 5.73 Å². The number of alkyl halides is 3. The molecule has 2 N–H and O–H groups in total. The zero-order valence-electron chi connectivity index (χ0n) is 9.28. The largest absolute Gasteiger partial charge is 0.436 e. The van der Waals surface area contributed by atoms with E-state index in [1.165, 1.54) is 6.07 Å². The summed E-state index contributed by atoms with van der Waals surface area (Å²) in [5, 5.41) is 6.41. The lowest BCUT2D eigenvalue weighted by atomic mass is 10.3. The third kappa shape index (κ3) is 3.34. The first-order chi connectivity index (χ1) is 8.86. The third-order valence-corrected chi connectivity index (χ3v) is 2.76. The molecule has 0 amide bonds. The van der Waals surface area contributed by atoms with E-state index >= 15 is 0 Å². The average molecular weight is 334 g/mol. The van der Waals surface area contributed by atoms with Crippen LogP contribution in [0.25, 0.3) is 0 Å². The fourth-order valence-corrected chi connectivity index (χ4v) is 1.56. The first-order valence-corrected chi connectivity index (χ1v) is 5.79. The van der Waals surface area contributed by atoms with E-state index in [0.717, 1.165) is 12.1 Å². The quantitative estimate of drug-likeness (QED) is 0.852. The van der Waals surface area contributed by atoms with Crippen molar-refractivity contribution in [1.82, 2.24) is 10.2 Å². The Kier molecular flexibility index (Phi) is 3.61. The van der Waals surface area contributed by atoms with Crippen molar-refractivity contribution in [3.63, 3.8) is 0 Å². The fourth-order valence-electron chi connectivity index (χ4n) is 1.24. The number of rotatable bonds is 2. The van der Waals surface area contributed by atoms with Gasteiger partial charge >= 0.3 is 6.18 Å². The van der Waals surface area contributed by atoms with Crippen LogP contribution in [0.15, 0.2) is 34.8 Å². The van der Waals surface area contributed by atoms with Gasteiger partial charge in [0.1, 0.15) is 5.75 Å². The Morgan fingerprint density at radius 2 is 1.84 bits per heavy atom. The highest BCUT2D eigenvalue weighted by Crippen LogP contribution is 2.31. The van der Waals surface area contributed by atoms with Crippen molar-refractivity contribution in [1.29, 1.82) is 0 Å². The van der Waals surface area contributed by atoms with Crippen LogP contribution in [0.4, 0.5) is 18.9 Å². The van der Waals surface area contributed by atoms with Gasteiger partial charge in [0.25, 0.3) is 0 Å².